The van der Waals surface area contributed by atoms with E-state index in [9.17, 15) is 12.8 Å². The van der Waals surface area contributed by atoms with Crippen LogP contribution in [0.1, 0.15) is 46.0 Å². The van der Waals surface area contributed by atoms with Crippen molar-refractivity contribution in [2.24, 2.45) is 11.1 Å². The summed E-state index contributed by atoms with van der Waals surface area (Å²) in [6.07, 6.45) is 9.50. The molecule has 0 bridgehead atoms. The summed E-state index contributed by atoms with van der Waals surface area (Å²) >= 11 is 0. The number of fused-ring (bicyclic) bond motifs is 4. The fraction of sp³-hybridized carbons (Fsp3) is 0.391. The van der Waals surface area contributed by atoms with Crippen LogP contribution in [0.15, 0.2) is 47.1 Å². The molecule has 1 aliphatic heterocycles. The molecule has 3 heterocycles. The molecular weight excluding hydrogens is 443 g/mol. The van der Waals surface area contributed by atoms with Crippen LogP contribution in [0, 0.1) is 11.7 Å². The lowest BCUT2D eigenvalue weighted by Gasteiger charge is -2.46. The Balaban J connectivity index is 1.58. The van der Waals surface area contributed by atoms with Gasteiger partial charge in [0.2, 0.25) is 16.0 Å². The molecule has 10 heteroatoms. The van der Waals surface area contributed by atoms with Crippen molar-refractivity contribution < 1.29 is 12.8 Å². The normalized spacial score (nSPS) is 17.7. The van der Waals surface area contributed by atoms with Crippen LogP contribution in [0.25, 0.3) is 11.0 Å². The number of nitrogens with one attached hydrogen (secondary N) is 2. The molecule has 2 aromatic heterocycles. The number of aromatic nitrogens is 3. The third kappa shape index (κ3) is 3.67. The van der Waals surface area contributed by atoms with Gasteiger partial charge in [-0.15, -0.1) is 0 Å². The molecule has 1 aromatic carbocycles. The molecule has 1 aliphatic carbocycles. The number of primary sulfonamides is 1. The number of nitrogens with two attached hydrogens (primary N) is 1. The Morgan fingerprint density at radius 1 is 1.21 bits per heavy atom. The van der Waals surface area contributed by atoms with Gasteiger partial charge in [0.05, 0.1) is 16.1 Å². The highest BCUT2D eigenvalue weighted by molar-refractivity contribution is 7.89. The van der Waals surface area contributed by atoms with Crippen molar-refractivity contribution in [1.82, 2.24) is 14.5 Å². The minimum atomic E-state index is -3.99. The number of benzene rings is 1. The number of halogens is 1. The molecule has 2 aliphatic rings. The summed E-state index contributed by atoms with van der Waals surface area (Å²) in [5.41, 5.74) is 2.08. The van der Waals surface area contributed by atoms with Gasteiger partial charge < -0.3 is 15.2 Å². The molecule has 174 valence electrons. The molecular formula is C23H27FN6O2S. The van der Waals surface area contributed by atoms with Crippen molar-refractivity contribution in [1.29, 1.82) is 0 Å². The maximum atomic E-state index is 14.6. The predicted molar refractivity (Wildman–Crippen MR) is 126 cm³/mol. The molecule has 1 spiro atoms. The molecule has 1 fully saturated rings. The Hall–Kier alpha value is -2.98. The fourth-order valence-corrected chi connectivity index (χ4v) is 5.78. The van der Waals surface area contributed by atoms with Crippen molar-refractivity contribution in [2.45, 2.75) is 56.4 Å². The van der Waals surface area contributed by atoms with E-state index < -0.39 is 15.8 Å². The van der Waals surface area contributed by atoms with Gasteiger partial charge in [0.25, 0.3) is 0 Å². The summed E-state index contributed by atoms with van der Waals surface area (Å²) in [5, 5.41) is 12.3. The van der Waals surface area contributed by atoms with Crippen LogP contribution in [-0.4, -0.2) is 23.0 Å². The van der Waals surface area contributed by atoms with Crippen LogP contribution in [0.3, 0.4) is 0 Å². The quantitative estimate of drug-likeness (QED) is 0.514. The highest BCUT2D eigenvalue weighted by Crippen LogP contribution is 2.49. The summed E-state index contributed by atoms with van der Waals surface area (Å²) < 4.78 is 39.8. The zero-order valence-corrected chi connectivity index (χ0v) is 19.4. The lowest BCUT2D eigenvalue weighted by Crippen LogP contribution is -2.42. The van der Waals surface area contributed by atoms with Gasteiger partial charge in [0.15, 0.2) is 0 Å². The monoisotopic (exact) mass is 470 g/mol. The van der Waals surface area contributed by atoms with Gasteiger partial charge in [0, 0.05) is 17.8 Å². The molecule has 1 saturated carbocycles. The van der Waals surface area contributed by atoms with E-state index in [2.05, 4.69) is 40.2 Å². The third-order valence-electron chi connectivity index (χ3n) is 6.70. The highest BCUT2D eigenvalue weighted by Gasteiger charge is 2.43. The Kier molecular flexibility index (Phi) is 5.17. The van der Waals surface area contributed by atoms with E-state index in [4.69, 9.17) is 10.1 Å². The van der Waals surface area contributed by atoms with Gasteiger partial charge in [-0.1, -0.05) is 33.1 Å². The number of hydrogen-bond acceptors (Lipinski definition) is 6. The van der Waals surface area contributed by atoms with E-state index in [0.717, 1.165) is 48.6 Å². The van der Waals surface area contributed by atoms with Gasteiger partial charge >= 0.3 is 0 Å². The maximum absolute atomic E-state index is 14.6. The molecule has 0 saturated heterocycles. The van der Waals surface area contributed by atoms with Crippen LogP contribution in [-0.2, 0) is 15.6 Å². The van der Waals surface area contributed by atoms with Crippen molar-refractivity contribution in [2.75, 3.05) is 10.6 Å². The summed E-state index contributed by atoms with van der Waals surface area (Å²) in [5.74, 6) is 0.841. The summed E-state index contributed by atoms with van der Waals surface area (Å²) in [4.78, 5) is 8.83. The molecule has 4 N–H and O–H groups in total. The minimum absolute atomic E-state index is 0.0699. The number of nitrogens with zero attached hydrogens (tertiary/aromatic N) is 3. The number of allylic oxidation sites excluding steroid dienone is 1. The smallest absolute Gasteiger partial charge is 0.238 e. The molecule has 5 rings (SSSR count). The number of anilines is 3. The molecule has 0 unspecified atom stereocenters. The molecule has 0 amide bonds. The average Bonchev–Trinajstić information content (AvgIpc) is 3.14. The first-order chi connectivity index (χ1) is 15.7. The van der Waals surface area contributed by atoms with Crippen LogP contribution in [0.5, 0.6) is 0 Å². The second-order valence-electron chi connectivity index (χ2n) is 9.14. The summed E-state index contributed by atoms with van der Waals surface area (Å²) in [6, 6.07) is 5.50. The lowest BCUT2D eigenvalue weighted by molar-refractivity contribution is 0.229. The topological polar surface area (TPSA) is 115 Å². The first kappa shape index (κ1) is 21.8. The zero-order chi connectivity index (χ0) is 23.4. The van der Waals surface area contributed by atoms with E-state index >= 15 is 0 Å². The highest BCUT2D eigenvalue weighted by atomic mass is 32.2. The maximum Gasteiger partial charge on any atom is 0.238 e. The van der Waals surface area contributed by atoms with Gasteiger partial charge in [-0.25, -0.2) is 22.9 Å². The second kappa shape index (κ2) is 7.81. The first-order valence-electron chi connectivity index (χ1n) is 11.1. The van der Waals surface area contributed by atoms with Gasteiger partial charge in [-0.05, 0) is 48.6 Å². The largest absolute Gasteiger partial charge is 0.348 e. The second-order valence-corrected chi connectivity index (χ2v) is 10.7. The summed E-state index contributed by atoms with van der Waals surface area (Å²) in [6.45, 7) is 4.44. The third-order valence-corrected chi connectivity index (χ3v) is 7.61. The van der Waals surface area contributed by atoms with Gasteiger partial charge in [-0.3, -0.25) is 0 Å². The molecule has 3 aromatic rings. The van der Waals surface area contributed by atoms with Crippen molar-refractivity contribution in [3.63, 3.8) is 0 Å². The lowest BCUT2D eigenvalue weighted by atomic mass is 9.72. The molecule has 0 radical (unpaired) electrons. The zero-order valence-electron chi connectivity index (χ0n) is 18.6. The predicted octanol–water partition coefficient (Wildman–Crippen LogP) is 4.59. The molecule has 0 atom stereocenters. The Morgan fingerprint density at radius 3 is 2.64 bits per heavy atom. The van der Waals surface area contributed by atoms with Crippen LogP contribution in [0.4, 0.5) is 21.8 Å². The minimum Gasteiger partial charge on any atom is -0.348 e. The van der Waals surface area contributed by atoms with Gasteiger partial charge in [-0.2, -0.15) is 4.98 Å². The first-order valence-corrected chi connectivity index (χ1v) is 12.7. The fourth-order valence-electron chi connectivity index (χ4n) is 5.25. The van der Waals surface area contributed by atoms with E-state index in [-0.39, 0.29) is 22.1 Å². The van der Waals surface area contributed by atoms with Gasteiger partial charge in [0.1, 0.15) is 17.3 Å². The Morgan fingerprint density at radius 2 is 1.97 bits per heavy atom. The number of hydrogen-bond donors (Lipinski definition) is 3. The van der Waals surface area contributed by atoms with Crippen LogP contribution < -0.4 is 15.8 Å². The van der Waals surface area contributed by atoms with E-state index in [1.165, 1.54) is 24.1 Å². The SMILES string of the molecule is CC(C)C1=CNc2cc3cnc(Nc4ccc(S(N)(=O)=O)cc4F)nc3n2C12CCCCC2. The van der Waals surface area contributed by atoms with E-state index in [1.54, 1.807) is 6.20 Å². The van der Waals surface area contributed by atoms with Crippen molar-refractivity contribution >= 4 is 38.5 Å². The van der Waals surface area contributed by atoms with E-state index in [1.807, 2.05) is 6.07 Å². The Labute approximate surface area is 192 Å². The number of sulfonamides is 1. The summed E-state index contributed by atoms with van der Waals surface area (Å²) in [7, 11) is -3.99. The number of rotatable bonds is 4. The molecule has 8 nitrogen and oxygen atoms in total. The van der Waals surface area contributed by atoms with Crippen LogP contribution in [0.2, 0.25) is 0 Å². The van der Waals surface area contributed by atoms with Crippen molar-refractivity contribution in [3.8, 4) is 0 Å². The van der Waals surface area contributed by atoms with E-state index in [0.29, 0.717) is 5.92 Å². The standard InChI is InChI=1S/C23H27FN6O2S/c1-14(2)17-13-26-20-10-15-12-27-22(28-19-7-6-16(11-18(19)24)33(25,31)32)29-21(15)30(20)23(17)8-4-3-5-9-23/h6-7,10-14,26H,3-5,8-9H2,1-2H3,(H2,25,31,32)(H,27,28,29). The molecule has 33 heavy (non-hydrogen) atoms. The Bertz CT molecular complexity index is 1370. The average molecular weight is 471 g/mol. The van der Waals surface area contributed by atoms with Crippen molar-refractivity contribution in [3.05, 3.63) is 48.1 Å². The van der Waals surface area contributed by atoms with Crippen LogP contribution >= 0.6 is 0 Å².